The van der Waals surface area contributed by atoms with E-state index in [-0.39, 0.29) is 12.2 Å². The minimum absolute atomic E-state index is 0.230. The average molecular weight is 525 g/mol. The Morgan fingerprint density at radius 1 is 1.10 bits per heavy atom. The van der Waals surface area contributed by atoms with Crippen molar-refractivity contribution in [3.63, 3.8) is 0 Å². The number of halogens is 1. The van der Waals surface area contributed by atoms with Crippen molar-refractivity contribution in [2.75, 3.05) is 7.11 Å². The monoisotopic (exact) mass is 525 g/mol. The first-order valence-electron chi connectivity index (χ1n) is 9.42. The van der Waals surface area contributed by atoms with Crippen LogP contribution in [0.4, 0.5) is 0 Å². The number of carbonyl (C=O) groups is 1. The van der Waals surface area contributed by atoms with Crippen LogP contribution in [-0.2, 0) is 6.61 Å². The van der Waals surface area contributed by atoms with Gasteiger partial charge in [0.1, 0.15) is 6.61 Å². The second-order valence-corrected chi connectivity index (χ2v) is 8.02. The van der Waals surface area contributed by atoms with Crippen LogP contribution in [0.2, 0.25) is 0 Å². The highest BCUT2D eigenvalue weighted by Crippen LogP contribution is 2.35. The van der Waals surface area contributed by atoms with Crippen molar-refractivity contribution in [2.45, 2.75) is 13.5 Å². The van der Waals surface area contributed by atoms with Crippen LogP contribution in [0, 0.1) is 21.8 Å². The van der Waals surface area contributed by atoms with E-state index < -0.39 is 5.97 Å². The molecule has 0 aromatic heterocycles. The van der Waals surface area contributed by atoms with Gasteiger partial charge in [-0.05, 0) is 76.5 Å². The van der Waals surface area contributed by atoms with E-state index in [1.165, 1.54) is 0 Å². The zero-order valence-corrected chi connectivity index (χ0v) is 19.2. The number of methoxy groups -OCH3 is 1. The van der Waals surface area contributed by atoms with Crippen LogP contribution in [0.3, 0.4) is 0 Å². The molecule has 156 valence electrons. The third kappa shape index (κ3) is 5.64. The molecule has 0 aliphatic carbocycles. The number of allylic oxidation sites excluding steroid dienone is 1. The van der Waals surface area contributed by atoms with Crippen LogP contribution in [0.1, 0.15) is 32.6 Å². The highest BCUT2D eigenvalue weighted by Gasteiger charge is 2.13. The van der Waals surface area contributed by atoms with Crippen molar-refractivity contribution in [2.24, 2.45) is 0 Å². The number of carboxylic acid groups (broad SMARTS) is 1. The molecule has 5 nitrogen and oxygen atoms in total. The van der Waals surface area contributed by atoms with Crippen LogP contribution >= 0.6 is 22.6 Å². The number of aryl methyl sites for hydroxylation is 1. The fourth-order valence-electron chi connectivity index (χ4n) is 2.94. The lowest BCUT2D eigenvalue weighted by Gasteiger charge is -2.14. The predicted octanol–water partition coefficient (Wildman–Crippen LogP) is 5.95. The normalized spacial score (nSPS) is 11.0. The maximum atomic E-state index is 11.0. The summed E-state index contributed by atoms with van der Waals surface area (Å²) in [7, 11) is 1.57. The molecule has 0 heterocycles. The lowest BCUT2D eigenvalue weighted by atomic mass is 10.0. The van der Waals surface area contributed by atoms with Crippen LogP contribution in [0.5, 0.6) is 11.5 Å². The molecule has 0 saturated heterocycles. The van der Waals surface area contributed by atoms with Gasteiger partial charge in [-0.2, -0.15) is 5.26 Å². The summed E-state index contributed by atoms with van der Waals surface area (Å²) >= 11 is 2.17. The molecule has 0 aliphatic heterocycles. The second kappa shape index (κ2) is 10.1. The molecule has 3 rings (SSSR count). The highest BCUT2D eigenvalue weighted by atomic mass is 127. The summed E-state index contributed by atoms with van der Waals surface area (Å²) in [6.07, 6.45) is 1.82. The molecule has 6 heteroatoms. The Bertz CT molecular complexity index is 1160. The first kappa shape index (κ1) is 22.4. The molecule has 0 amide bonds. The minimum Gasteiger partial charge on any atom is -0.493 e. The summed E-state index contributed by atoms with van der Waals surface area (Å²) in [5.41, 5.74) is 4.46. The van der Waals surface area contributed by atoms with E-state index in [4.69, 9.17) is 14.6 Å². The first-order valence-corrected chi connectivity index (χ1v) is 10.5. The smallest absolute Gasteiger partial charge is 0.335 e. The van der Waals surface area contributed by atoms with Gasteiger partial charge in [0, 0.05) is 0 Å². The summed E-state index contributed by atoms with van der Waals surface area (Å²) in [6, 6.07) is 20.4. The van der Waals surface area contributed by atoms with E-state index in [1.807, 2.05) is 49.4 Å². The van der Waals surface area contributed by atoms with Gasteiger partial charge < -0.3 is 14.6 Å². The van der Waals surface area contributed by atoms with Crippen molar-refractivity contribution < 1.29 is 19.4 Å². The van der Waals surface area contributed by atoms with Gasteiger partial charge in [-0.15, -0.1) is 0 Å². The van der Waals surface area contributed by atoms with Crippen LogP contribution in [-0.4, -0.2) is 18.2 Å². The Labute approximate surface area is 194 Å². The third-order valence-electron chi connectivity index (χ3n) is 4.63. The van der Waals surface area contributed by atoms with Gasteiger partial charge >= 0.3 is 5.97 Å². The standard InChI is InChI=1S/C25H20INO4/c1-16-3-7-19(8-4-16)21(14-27)11-18-12-22(26)24(23(13-18)30-2)31-15-17-5-9-20(10-6-17)25(28)29/h3-13H,15H2,1-2H3,(H,28,29)/b21-11+. The fourth-order valence-corrected chi connectivity index (χ4v) is 3.72. The quantitative estimate of drug-likeness (QED) is 0.234. The Morgan fingerprint density at radius 3 is 2.32 bits per heavy atom. The molecule has 0 aliphatic rings. The fraction of sp³-hybridized carbons (Fsp3) is 0.120. The topological polar surface area (TPSA) is 79.5 Å². The molecule has 31 heavy (non-hydrogen) atoms. The third-order valence-corrected chi connectivity index (χ3v) is 5.43. The molecule has 3 aromatic rings. The Kier molecular flexibility index (Phi) is 7.32. The number of rotatable bonds is 7. The Balaban J connectivity index is 1.84. The van der Waals surface area contributed by atoms with Gasteiger partial charge in [0.15, 0.2) is 11.5 Å². The van der Waals surface area contributed by atoms with E-state index in [2.05, 4.69) is 28.7 Å². The predicted molar refractivity (Wildman–Crippen MR) is 128 cm³/mol. The molecule has 0 bridgehead atoms. The van der Waals surface area contributed by atoms with E-state index in [0.717, 1.165) is 25.8 Å². The molecule has 0 radical (unpaired) electrons. The molecule has 0 unspecified atom stereocenters. The van der Waals surface area contributed by atoms with Crippen molar-refractivity contribution in [3.8, 4) is 17.6 Å². The molecule has 3 aromatic carbocycles. The first-order chi connectivity index (χ1) is 14.9. The maximum absolute atomic E-state index is 11.0. The van der Waals surface area contributed by atoms with Crippen molar-refractivity contribution in [3.05, 3.63) is 92.1 Å². The van der Waals surface area contributed by atoms with Gasteiger partial charge in [0.2, 0.25) is 0 Å². The molecule has 0 atom stereocenters. The Morgan fingerprint density at radius 2 is 1.74 bits per heavy atom. The van der Waals surface area contributed by atoms with E-state index in [9.17, 15) is 10.1 Å². The van der Waals surface area contributed by atoms with Crippen molar-refractivity contribution >= 4 is 40.2 Å². The summed E-state index contributed by atoms with van der Waals surface area (Å²) in [6.45, 7) is 2.28. The van der Waals surface area contributed by atoms with Gasteiger partial charge in [-0.3, -0.25) is 0 Å². The summed E-state index contributed by atoms with van der Waals surface area (Å²) in [5.74, 6) is 0.188. The molecule has 0 spiro atoms. The maximum Gasteiger partial charge on any atom is 0.335 e. The summed E-state index contributed by atoms with van der Waals surface area (Å²) < 4.78 is 12.3. The van der Waals surface area contributed by atoms with Crippen molar-refractivity contribution in [1.82, 2.24) is 0 Å². The lowest BCUT2D eigenvalue weighted by molar-refractivity contribution is 0.0697. The van der Waals surface area contributed by atoms with Gasteiger partial charge in [0.25, 0.3) is 0 Å². The largest absolute Gasteiger partial charge is 0.493 e. The van der Waals surface area contributed by atoms with Gasteiger partial charge in [-0.25, -0.2) is 4.79 Å². The van der Waals surface area contributed by atoms with E-state index >= 15 is 0 Å². The summed E-state index contributed by atoms with van der Waals surface area (Å²) in [5, 5.41) is 18.6. The zero-order valence-electron chi connectivity index (χ0n) is 17.1. The number of nitriles is 1. The number of hydrogen-bond acceptors (Lipinski definition) is 4. The molecule has 0 fully saturated rings. The number of carboxylic acids is 1. The molecule has 1 N–H and O–H groups in total. The molecular weight excluding hydrogens is 505 g/mol. The zero-order chi connectivity index (χ0) is 22.4. The highest BCUT2D eigenvalue weighted by molar-refractivity contribution is 14.1. The Hall–Kier alpha value is -3.31. The number of aromatic carboxylic acids is 1. The number of ether oxygens (including phenoxy) is 2. The van der Waals surface area contributed by atoms with Gasteiger partial charge in [-0.1, -0.05) is 42.0 Å². The minimum atomic E-state index is -0.963. The van der Waals surface area contributed by atoms with Crippen LogP contribution in [0.15, 0.2) is 60.7 Å². The lowest BCUT2D eigenvalue weighted by Crippen LogP contribution is -2.01. The number of benzene rings is 3. The average Bonchev–Trinajstić information content (AvgIpc) is 2.77. The second-order valence-electron chi connectivity index (χ2n) is 6.86. The van der Waals surface area contributed by atoms with Gasteiger partial charge in [0.05, 0.1) is 27.9 Å². The molecule has 0 saturated carbocycles. The SMILES string of the molecule is COc1cc(/C=C(\C#N)c2ccc(C)cc2)cc(I)c1OCc1ccc(C(=O)O)cc1. The van der Waals surface area contributed by atoms with E-state index in [0.29, 0.717) is 17.1 Å². The number of hydrogen-bond donors (Lipinski definition) is 1. The summed E-state index contributed by atoms with van der Waals surface area (Å²) in [4.78, 5) is 11.0. The molecular formula is C25H20INO4. The van der Waals surface area contributed by atoms with Crippen molar-refractivity contribution in [1.29, 1.82) is 5.26 Å². The van der Waals surface area contributed by atoms with Crippen LogP contribution < -0.4 is 9.47 Å². The number of nitrogens with zero attached hydrogens (tertiary/aromatic N) is 1. The van der Waals surface area contributed by atoms with Crippen LogP contribution in [0.25, 0.3) is 11.6 Å². The van der Waals surface area contributed by atoms with E-state index in [1.54, 1.807) is 31.4 Å².